The van der Waals surface area contributed by atoms with Gasteiger partial charge in [0.1, 0.15) is 0 Å². The summed E-state index contributed by atoms with van der Waals surface area (Å²) in [6.45, 7) is 8.23. The molecule has 1 aromatic rings. The van der Waals surface area contributed by atoms with Crippen molar-refractivity contribution < 1.29 is 9.53 Å². The van der Waals surface area contributed by atoms with Crippen LogP contribution in [-0.4, -0.2) is 36.7 Å². The second-order valence-corrected chi connectivity index (χ2v) is 6.86. The van der Waals surface area contributed by atoms with Crippen molar-refractivity contribution in [1.82, 2.24) is 4.90 Å². The number of benzene rings is 1. The van der Waals surface area contributed by atoms with Crippen LogP contribution in [0.2, 0.25) is 0 Å². The average Bonchev–Trinajstić information content (AvgIpc) is 2.42. The van der Waals surface area contributed by atoms with Gasteiger partial charge in [0.15, 0.2) is 0 Å². The number of hydrogen-bond donors (Lipinski definition) is 1. The summed E-state index contributed by atoms with van der Waals surface area (Å²) in [5, 5.41) is 3.02. The molecule has 2 amide bonds. The van der Waals surface area contributed by atoms with E-state index in [1.54, 1.807) is 0 Å². The summed E-state index contributed by atoms with van der Waals surface area (Å²) in [5.74, 6) is 0.543. The lowest BCUT2D eigenvalue weighted by molar-refractivity contribution is 0.00857. The van der Waals surface area contributed by atoms with Crippen LogP contribution in [-0.2, 0) is 4.74 Å². The van der Waals surface area contributed by atoms with Gasteiger partial charge in [-0.2, -0.15) is 0 Å². The molecule has 1 aromatic carbocycles. The van der Waals surface area contributed by atoms with E-state index in [9.17, 15) is 4.79 Å². The summed E-state index contributed by atoms with van der Waals surface area (Å²) >= 11 is 3.44. The van der Waals surface area contributed by atoms with Crippen LogP contribution in [0.25, 0.3) is 0 Å². The SMILES string of the molecule is Cc1cc(Br)ccc1NC(=O)N1CCOCC1CC(C)C. The molecule has 0 radical (unpaired) electrons. The van der Waals surface area contributed by atoms with Crippen molar-refractivity contribution in [3.05, 3.63) is 28.2 Å². The Bertz CT molecular complexity index is 505. The number of hydrogen-bond acceptors (Lipinski definition) is 2. The summed E-state index contributed by atoms with van der Waals surface area (Å²) in [7, 11) is 0. The van der Waals surface area contributed by atoms with Crippen LogP contribution in [0.3, 0.4) is 0 Å². The molecular formula is C16H23BrN2O2. The van der Waals surface area contributed by atoms with Gasteiger partial charge >= 0.3 is 6.03 Å². The fourth-order valence-corrected chi connectivity index (χ4v) is 3.09. The van der Waals surface area contributed by atoms with Gasteiger partial charge in [-0.15, -0.1) is 0 Å². The standard InChI is InChI=1S/C16H23BrN2O2/c1-11(2)8-14-10-21-7-6-19(14)16(20)18-15-5-4-13(17)9-12(15)3/h4-5,9,11,14H,6-8,10H2,1-3H3,(H,18,20). The maximum Gasteiger partial charge on any atom is 0.322 e. The molecule has 2 rings (SSSR count). The van der Waals surface area contributed by atoms with Crippen LogP contribution in [0.15, 0.2) is 22.7 Å². The number of morpholine rings is 1. The minimum Gasteiger partial charge on any atom is -0.377 e. The first-order chi connectivity index (χ1) is 9.97. The number of nitrogens with zero attached hydrogens (tertiary/aromatic N) is 1. The minimum atomic E-state index is -0.0330. The third-order valence-electron chi connectivity index (χ3n) is 3.66. The monoisotopic (exact) mass is 354 g/mol. The number of ether oxygens (including phenoxy) is 1. The molecule has 1 unspecified atom stereocenters. The number of halogens is 1. The molecule has 0 bridgehead atoms. The van der Waals surface area contributed by atoms with E-state index in [4.69, 9.17) is 4.74 Å². The lowest BCUT2D eigenvalue weighted by Crippen LogP contribution is -2.50. The summed E-state index contributed by atoms with van der Waals surface area (Å²) in [4.78, 5) is 14.5. The first kappa shape index (κ1) is 16.3. The van der Waals surface area contributed by atoms with E-state index in [1.165, 1.54) is 0 Å². The van der Waals surface area contributed by atoms with Crippen LogP contribution >= 0.6 is 15.9 Å². The van der Waals surface area contributed by atoms with Crippen molar-refractivity contribution in [2.45, 2.75) is 33.2 Å². The largest absolute Gasteiger partial charge is 0.377 e. The van der Waals surface area contributed by atoms with Gasteiger partial charge in [0.05, 0.1) is 19.3 Å². The Balaban J connectivity index is 2.06. The van der Waals surface area contributed by atoms with Gasteiger partial charge in [0, 0.05) is 16.7 Å². The number of rotatable bonds is 3. The number of amides is 2. The van der Waals surface area contributed by atoms with Gasteiger partial charge < -0.3 is 15.0 Å². The van der Waals surface area contributed by atoms with Gasteiger partial charge in [-0.1, -0.05) is 29.8 Å². The molecule has 21 heavy (non-hydrogen) atoms. The molecule has 1 N–H and O–H groups in total. The summed E-state index contributed by atoms with van der Waals surface area (Å²) in [6, 6.07) is 5.99. The molecule has 1 saturated heterocycles. The predicted octanol–water partition coefficient (Wildman–Crippen LogP) is 4.04. The fourth-order valence-electron chi connectivity index (χ4n) is 2.62. The van der Waals surface area contributed by atoms with Gasteiger partial charge in [-0.25, -0.2) is 4.79 Å². The van der Waals surface area contributed by atoms with Crippen molar-refractivity contribution >= 4 is 27.6 Å². The second-order valence-electron chi connectivity index (χ2n) is 5.94. The van der Waals surface area contributed by atoms with Crippen molar-refractivity contribution in [2.75, 3.05) is 25.1 Å². The zero-order chi connectivity index (χ0) is 15.4. The average molecular weight is 355 g/mol. The maximum atomic E-state index is 12.5. The first-order valence-corrected chi connectivity index (χ1v) is 8.18. The highest BCUT2D eigenvalue weighted by Crippen LogP contribution is 2.22. The van der Waals surface area contributed by atoms with Gasteiger partial charge in [-0.3, -0.25) is 0 Å². The lowest BCUT2D eigenvalue weighted by Gasteiger charge is -2.36. The molecule has 4 nitrogen and oxygen atoms in total. The summed E-state index contributed by atoms with van der Waals surface area (Å²) in [5.41, 5.74) is 1.91. The van der Waals surface area contributed by atoms with Crippen molar-refractivity contribution in [3.8, 4) is 0 Å². The van der Waals surface area contributed by atoms with Gasteiger partial charge in [0.25, 0.3) is 0 Å². The molecular weight excluding hydrogens is 332 g/mol. The zero-order valence-corrected chi connectivity index (χ0v) is 14.4. The third kappa shape index (κ3) is 4.45. The van der Waals surface area contributed by atoms with E-state index >= 15 is 0 Å². The van der Waals surface area contributed by atoms with Gasteiger partial charge in [0.2, 0.25) is 0 Å². The number of anilines is 1. The highest BCUT2D eigenvalue weighted by Gasteiger charge is 2.28. The number of nitrogens with one attached hydrogen (secondary N) is 1. The predicted molar refractivity (Wildman–Crippen MR) is 88.7 cm³/mol. The number of carbonyl (C=O) groups is 1. The Labute approximate surface area is 135 Å². The van der Waals surface area contributed by atoms with E-state index in [0.29, 0.717) is 25.7 Å². The quantitative estimate of drug-likeness (QED) is 0.889. The Morgan fingerprint density at radius 3 is 2.95 bits per heavy atom. The zero-order valence-electron chi connectivity index (χ0n) is 12.9. The molecule has 0 aliphatic carbocycles. The molecule has 1 aliphatic rings. The molecule has 1 heterocycles. The van der Waals surface area contributed by atoms with Crippen LogP contribution in [0.5, 0.6) is 0 Å². The molecule has 1 aliphatic heterocycles. The van der Waals surface area contributed by atoms with Crippen LogP contribution in [0.1, 0.15) is 25.8 Å². The van der Waals surface area contributed by atoms with E-state index in [1.807, 2.05) is 30.0 Å². The van der Waals surface area contributed by atoms with Gasteiger partial charge in [-0.05, 0) is 43.0 Å². The highest BCUT2D eigenvalue weighted by molar-refractivity contribution is 9.10. The molecule has 0 aromatic heterocycles. The smallest absolute Gasteiger partial charge is 0.322 e. The molecule has 0 spiro atoms. The highest BCUT2D eigenvalue weighted by atomic mass is 79.9. The van der Waals surface area contributed by atoms with Crippen molar-refractivity contribution in [3.63, 3.8) is 0 Å². The maximum absolute atomic E-state index is 12.5. The molecule has 116 valence electrons. The molecule has 1 atom stereocenters. The first-order valence-electron chi connectivity index (χ1n) is 7.39. The molecule has 0 saturated carbocycles. The number of carbonyl (C=O) groups excluding carboxylic acids is 1. The summed E-state index contributed by atoms with van der Waals surface area (Å²) < 4.78 is 6.54. The lowest BCUT2D eigenvalue weighted by atomic mass is 10.0. The normalized spacial score (nSPS) is 18.9. The van der Waals surface area contributed by atoms with Crippen molar-refractivity contribution in [1.29, 1.82) is 0 Å². The van der Waals surface area contributed by atoms with E-state index < -0.39 is 0 Å². The number of aryl methyl sites for hydroxylation is 1. The minimum absolute atomic E-state index is 0.0330. The summed E-state index contributed by atoms with van der Waals surface area (Å²) in [6.07, 6.45) is 0.965. The topological polar surface area (TPSA) is 41.6 Å². The van der Waals surface area contributed by atoms with E-state index in [2.05, 4.69) is 35.1 Å². The van der Waals surface area contributed by atoms with E-state index in [-0.39, 0.29) is 12.1 Å². The Morgan fingerprint density at radius 2 is 2.29 bits per heavy atom. The Hall–Kier alpha value is -1.07. The molecule has 5 heteroatoms. The van der Waals surface area contributed by atoms with Crippen molar-refractivity contribution in [2.24, 2.45) is 5.92 Å². The number of urea groups is 1. The second kappa shape index (κ2) is 7.27. The van der Waals surface area contributed by atoms with Crippen LogP contribution < -0.4 is 5.32 Å². The van der Waals surface area contributed by atoms with E-state index in [0.717, 1.165) is 22.1 Å². The Morgan fingerprint density at radius 1 is 1.52 bits per heavy atom. The molecule has 1 fully saturated rings. The Kier molecular flexibility index (Phi) is 5.65. The van der Waals surface area contributed by atoms with Crippen LogP contribution in [0, 0.1) is 12.8 Å². The van der Waals surface area contributed by atoms with Crippen LogP contribution in [0.4, 0.5) is 10.5 Å². The third-order valence-corrected chi connectivity index (χ3v) is 4.16. The fraction of sp³-hybridized carbons (Fsp3) is 0.562.